The van der Waals surface area contributed by atoms with E-state index >= 15 is 0 Å². The number of hydrogen-bond acceptors (Lipinski definition) is 3. The normalized spacial score (nSPS) is 10.8. The lowest BCUT2D eigenvalue weighted by atomic mass is 10.1. The van der Waals surface area contributed by atoms with Crippen molar-refractivity contribution in [3.8, 4) is 28.4 Å². The Morgan fingerprint density at radius 2 is 1.68 bits per heavy atom. The average molecular weight is 455 g/mol. The maximum Gasteiger partial charge on any atom is 0.138 e. The number of nitrogens with one attached hydrogen (secondary N) is 1. The minimum Gasteiger partial charge on any atom is -0.489 e. The topological polar surface area (TPSA) is 50.8 Å². The lowest BCUT2D eigenvalue weighted by Gasteiger charge is -2.06. The maximum absolute atomic E-state index is 5.98. The number of halogens is 2. The molecule has 2 aromatic carbocycles. The van der Waals surface area contributed by atoms with Crippen LogP contribution in [0.5, 0.6) is 5.75 Å². The molecule has 6 heteroatoms. The van der Waals surface area contributed by atoms with E-state index in [1.165, 1.54) is 0 Å². The van der Waals surface area contributed by atoms with Gasteiger partial charge in [0.2, 0.25) is 0 Å². The highest BCUT2D eigenvalue weighted by Crippen LogP contribution is 2.27. The number of aromatic nitrogens is 3. The van der Waals surface area contributed by atoms with Crippen LogP contribution < -0.4 is 4.74 Å². The molecule has 0 saturated carbocycles. The summed E-state index contributed by atoms with van der Waals surface area (Å²) < 4.78 is 6.65. The van der Waals surface area contributed by atoms with Gasteiger partial charge in [-0.2, -0.15) is 0 Å². The second-order valence-electron chi connectivity index (χ2n) is 6.37. The summed E-state index contributed by atoms with van der Waals surface area (Å²) in [5, 5.41) is 0.715. The van der Waals surface area contributed by atoms with E-state index in [1.807, 2.05) is 67.6 Å². The van der Waals surface area contributed by atoms with Gasteiger partial charge in [-0.25, -0.2) is 9.97 Å². The Kier molecular flexibility index (Phi) is 5.46. The molecular weight excluding hydrogens is 438 g/mol. The molecule has 0 unspecified atom stereocenters. The summed E-state index contributed by atoms with van der Waals surface area (Å²) >= 11 is 9.31. The first-order valence-electron chi connectivity index (χ1n) is 8.75. The molecule has 0 fully saturated rings. The van der Waals surface area contributed by atoms with Crippen LogP contribution in [0.4, 0.5) is 0 Å². The number of imidazole rings is 1. The van der Waals surface area contributed by atoms with Crippen molar-refractivity contribution in [3.05, 3.63) is 87.7 Å². The summed E-state index contributed by atoms with van der Waals surface area (Å²) in [6.07, 6.45) is 1.79. The monoisotopic (exact) mass is 453 g/mol. The van der Waals surface area contributed by atoms with E-state index in [1.54, 1.807) is 6.20 Å². The van der Waals surface area contributed by atoms with Crippen molar-refractivity contribution in [2.75, 3.05) is 0 Å². The van der Waals surface area contributed by atoms with Crippen LogP contribution in [0.3, 0.4) is 0 Å². The number of H-pyrrole nitrogens is 1. The predicted molar refractivity (Wildman–Crippen MR) is 115 cm³/mol. The first-order valence-corrected chi connectivity index (χ1v) is 9.92. The van der Waals surface area contributed by atoms with E-state index < -0.39 is 0 Å². The molecule has 2 heterocycles. The number of benzene rings is 2. The van der Waals surface area contributed by atoms with Gasteiger partial charge in [-0.05, 0) is 65.3 Å². The molecular formula is C22H17BrClN3O. The van der Waals surface area contributed by atoms with Crippen molar-refractivity contribution in [1.29, 1.82) is 0 Å². The van der Waals surface area contributed by atoms with Gasteiger partial charge < -0.3 is 9.72 Å². The Morgan fingerprint density at radius 1 is 0.964 bits per heavy atom. The third-order valence-electron chi connectivity index (χ3n) is 4.32. The second kappa shape index (κ2) is 8.17. The number of aryl methyl sites for hydroxylation is 1. The number of ether oxygens (including phenoxy) is 1. The van der Waals surface area contributed by atoms with Crippen LogP contribution >= 0.6 is 27.5 Å². The van der Waals surface area contributed by atoms with E-state index in [2.05, 4.69) is 25.9 Å². The van der Waals surface area contributed by atoms with E-state index in [0.717, 1.165) is 44.3 Å². The van der Waals surface area contributed by atoms with E-state index in [4.69, 9.17) is 21.3 Å². The lowest BCUT2D eigenvalue weighted by Crippen LogP contribution is -1.96. The highest BCUT2D eigenvalue weighted by Gasteiger charge is 2.11. The van der Waals surface area contributed by atoms with Crippen LogP contribution in [0.1, 0.15) is 11.3 Å². The van der Waals surface area contributed by atoms with Crippen LogP contribution in [0, 0.1) is 6.92 Å². The van der Waals surface area contributed by atoms with Crippen LogP contribution in [-0.4, -0.2) is 15.0 Å². The van der Waals surface area contributed by atoms with Gasteiger partial charge in [0.05, 0.1) is 5.69 Å². The largest absolute Gasteiger partial charge is 0.489 e. The Bertz CT molecular complexity index is 1070. The van der Waals surface area contributed by atoms with Gasteiger partial charge in [-0.1, -0.05) is 29.8 Å². The molecule has 0 amide bonds. The van der Waals surface area contributed by atoms with Crippen LogP contribution in [-0.2, 0) is 6.61 Å². The Morgan fingerprint density at radius 3 is 2.36 bits per heavy atom. The van der Waals surface area contributed by atoms with Crippen molar-refractivity contribution < 1.29 is 4.74 Å². The van der Waals surface area contributed by atoms with Crippen LogP contribution in [0.25, 0.3) is 22.6 Å². The van der Waals surface area contributed by atoms with Crippen LogP contribution in [0.2, 0.25) is 5.02 Å². The summed E-state index contributed by atoms with van der Waals surface area (Å²) in [6, 6.07) is 19.5. The summed E-state index contributed by atoms with van der Waals surface area (Å²) in [6.45, 7) is 2.49. The molecule has 140 valence electrons. The van der Waals surface area contributed by atoms with Crippen molar-refractivity contribution >= 4 is 27.5 Å². The minimum absolute atomic E-state index is 0.472. The van der Waals surface area contributed by atoms with Gasteiger partial charge >= 0.3 is 0 Å². The van der Waals surface area contributed by atoms with Crippen molar-refractivity contribution in [2.45, 2.75) is 13.5 Å². The third-order valence-corrected chi connectivity index (χ3v) is 5.05. The number of rotatable bonds is 5. The highest BCUT2D eigenvalue weighted by atomic mass is 79.9. The van der Waals surface area contributed by atoms with Gasteiger partial charge in [-0.15, -0.1) is 0 Å². The van der Waals surface area contributed by atoms with Gasteiger partial charge in [-0.3, -0.25) is 0 Å². The average Bonchev–Trinajstić information content (AvgIpc) is 3.10. The second-order valence-corrected chi connectivity index (χ2v) is 7.62. The van der Waals surface area contributed by atoms with E-state index in [-0.39, 0.29) is 0 Å². The SMILES string of the molecule is Cc1[nH]c(-c2ccc(OCc3ccc(Br)nc3)cc2)nc1-c1ccc(Cl)cc1. The number of hydrogen-bond donors (Lipinski definition) is 1. The van der Waals surface area contributed by atoms with Gasteiger partial charge in [0, 0.05) is 33.6 Å². The third kappa shape index (κ3) is 4.26. The molecule has 0 spiro atoms. The molecule has 28 heavy (non-hydrogen) atoms. The summed E-state index contributed by atoms with van der Waals surface area (Å²) in [5.41, 5.74) is 4.99. The Balaban J connectivity index is 1.48. The molecule has 4 rings (SSSR count). The zero-order chi connectivity index (χ0) is 19.5. The van der Waals surface area contributed by atoms with Gasteiger partial charge in [0.1, 0.15) is 22.8 Å². The molecule has 1 N–H and O–H groups in total. The molecule has 0 aliphatic heterocycles. The Labute approximate surface area is 176 Å². The van der Waals surface area contributed by atoms with Crippen molar-refractivity contribution in [2.24, 2.45) is 0 Å². The molecule has 0 bridgehead atoms. The first kappa shape index (κ1) is 18.7. The fourth-order valence-electron chi connectivity index (χ4n) is 2.85. The fourth-order valence-corrected chi connectivity index (χ4v) is 3.21. The summed E-state index contributed by atoms with van der Waals surface area (Å²) in [5.74, 6) is 1.62. The zero-order valence-corrected chi connectivity index (χ0v) is 17.5. The molecule has 4 nitrogen and oxygen atoms in total. The number of aromatic amines is 1. The maximum atomic E-state index is 5.98. The molecule has 2 aromatic heterocycles. The molecule has 0 aliphatic rings. The van der Waals surface area contributed by atoms with E-state index in [0.29, 0.717) is 11.6 Å². The first-order chi connectivity index (χ1) is 13.6. The van der Waals surface area contributed by atoms with Crippen molar-refractivity contribution in [1.82, 2.24) is 15.0 Å². The van der Waals surface area contributed by atoms with Gasteiger partial charge in [0.25, 0.3) is 0 Å². The fraction of sp³-hybridized carbons (Fsp3) is 0.0909. The van der Waals surface area contributed by atoms with Crippen LogP contribution in [0.15, 0.2) is 71.5 Å². The number of pyridine rings is 1. The standard InChI is InChI=1S/C22H17BrClN3O/c1-14-21(16-3-7-18(24)8-4-16)27-22(26-14)17-5-9-19(10-6-17)28-13-15-2-11-20(23)25-12-15/h2-12H,13H2,1H3,(H,26,27). The highest BCUT2D eigenvalue weighted by molar-refractivity contribution is 9.10. The summed E-state index contributed by atoms with van der Waals surface area (Å²) in [7, 11) is 0. The molecule has 0 atom stereocenters. The zero-order valence-electron chi connectivity index (χ0n) is 15.1. The quantitative estimate of drug-likeness (QED) is 0.353. The molecule has 0 saturated heterocycles. The summed E-state index contributed by atoms with van der Waals surface area (Å²) in [4.78, 5) is 12.3. The minimum atomic E-state index is 0.472. The Hall–Kier alpha value is -2.63. The van der Waals surface area contributed by atoms with Gasteiger partial charge in [0.15, 0.2) is 0 Å². The van der Waals surface area contributed by atoms with Crippen molar-refractivity contribution in [3.63, 3.8) is 0 Å². The number of nitrogens with zero attached hydrogens (tertiary/aromatic N) is 2. The molecule has 4 aromatic rings. The van der Waals surface area contributed by atoms with E-state index in [9.17, 15) is 0 Å². The predicted octanol–water partition coefficient (Wildman–Crippen LogP) is 6.44. The smallest absolute Gasteiger partial charge is 0.138 e. The molecule has 0 aliphatic carbocycles. The lowest BCUT2D eigenvalue weighted by molar-refractivity contribution is 0.306. The molecule has 0 radical (unpaired) electrons.